The highest BCUT2D eigenvalue weighted by Gasteiger charge is 2.35. The van der Waals surface area contributed by atoms with Gasteiger partial charge >= 0.3 is 0 Å². The summed E-state index contributed by atoms with van der Waals surface area (Å²) in [5, 5.41) is 2.75. The van der Waals surface area contributed by atoms with Gasteiger partial charge in [-0.05, 0) is 19.9 Å². The number of rotatable bonds is 6. The monoisotopic (exact) mass is 179 g/mol. The van der Waals surface area contributed by atoms with Crippen molar-refractivity contribution in [3.63, 3.8) is 0 Å². The van der Waals surface area contributed by atoms with Gasteiger partial charge in [-0.25, -0.2) is 8.78 Å². The van der Waals surface area contributed by atoms with Crippen LogP contribution in [0.5, 0.6) is 0 Å². The summed E-state index contributed by atoms with van der Waals surface area (Å²) in [7, 11) is 1.62. The standard InChI is InChI=1S/C9H19F2N/c1-4-6-7-9(5-2,12-3)8(10)11/h8,12H,4-7H2,1-3H3. The minimum Gasteiger partial charge on any atom is -0.309 e. The smallest absolute Gasteiger partial charge is 0.256 e. The van der Waals surface area contributed by atoms with Crippen molar-refractivity contribution in [2.75, 3.05) is 7.05 Å². The lowest BCUT2D eigenvalue weighted by Crippen LogP contribution is -2.48. The zero-order valence-electron chi connectivity index (χ0n) is 8.16. The van der Waals surface area contributed by atoms with Crippen molar-refractivity contribution in [1.29, 1.82) is 0 Å². The molecule has 0 saturated heterocycles. The molecule has 0 aromatic heterocycles. The molecule has 0 rings (SSSR count). The molecule has 0 aromatic rings. The van der Waals surface area contributed by atoms with Crippen LogP contribution in [-0.2, 0) is 0 Å². The van der Waals surface area contributed by atoms with E-state index >= 15 is 0 Å². The van der Waals surface area contributed by atoms with Crippen LogP contribution in [0.2, 0.25) is 0 Å². The number of alkyl halides is 2. The van der Waals surface area contributed by atoms with Crippen molar-refractivity contribution in [1.82, 2.24) is 5.32 Å². The maximum Gasteiger partial charge on any atom is 0.256 e. The Hall–Kier alpha value is -0.180. The highest BCUT2D eigenvalue weighted by Crippen LogP contribution is 2.25. The van der Waals surface area contributed by atoms with Gasteiger partial charge in [0.2, 0.25) is 0 Å². The van der Waals surface area contributed by atoms with Crippen molar-refractivity contribution in [2.45, 2.75) is 51.5 Å². The Kier molecular flexibility index (Phi) is 5.38. The first-order valence-corrected chi connectivity index (χ1v) is 4.60. The number of hydrogen-bond donors (Lipinski definition) is 1. The number of halogens is 2. The van der Waals surface area contributed by atoms with Crippen molar-refractivity contribution in [3.8, 4) is 0 Å². The summed E-state index contributed by atoms with van der Waals surface area (Å²) in [6, 6.07) is 0. The van der Waals surface area contributed by atoms with Crippen LogP contribution in [0.25, 0.3) is 0 Å². The zero-order valence-corrected chi connectivity index (χ0v) is 8.16. The minimum atomic E-state index is -2.26. The van der Waals surface area contributed by atoms with Gasteiger partial charge in [-0.3, -0.25) is 0 Å². The lowest BCUT2D eigenvalue weighted by molar-refractivity contribution is 0.0249. The average molecular weight is 179 g/mol. The Labute approximate surface area is 73.5 Å². The zero-order chi connectivity index (χ0) is 9.61. The largest absolute Gasteiger partial charge is 0.309 e. The van der Waals surface area contributed by atoms with Gasteiger partial charge in [-0.2, -0.15) is 0 Å². The van der Waals surface area contributed by atoms with E-state index in [0.29, 0.717) is 12.8 Å². The number of nitrogens with one attached hydrogen (secondary N) is 1. The van der Waals surface area contributed by atoms with E-state index < -0.39 is 12.0 Å². The van der Waals surface area contributed by atoms with Crippen LogP contribution in [0.3, 0.4) is 0 Å². The molecule has 0 amide bonds. The van der Waals surface area contributed by atoms with Gasteiger partial charge in [-0.15, -0.1) is 0 Å². The van der Waals surface area contributed by atoms with E-state index in [4.69, 9.17) is 0 Å². The topological polar surface area (TPSA) is 12.0 Å². The van der Waals surface area contributed by atoms with Gasteiger partial charge < -0.3 is 5.32 Å². The van der Waals surface area contributed by atoms with Crippen LogP contribution in [0.15, 0.2) is 0 Å². The highest BCUT2D eigenvalue weighted by atomic mass is 19.3. The summed E-state index contributed by atoms with van der Waals surface area (Å²) in [5.41, 5.74) is -0.948. The Balaban J connectivity index is 4.15. The van der Waals surface area contributed by atoms with E-state index in [-0.39, 0.29) is 0 Å². The summed E-state index contributed by atoms with van der Waals surface area (Å²) in [5.74, 6) is 0. The Morgan fingerprint density at radius 1 is 1.33 bits per heavy atom. The van der Waals surface area contributed by atoms with Crippen LogP contribution in [0.1, 0.15) is 39.5 Å². The van der Waals surface area contributed by atoms with Crippen molar-refractivity contribution >= 4 is 0 Å². The summed E-state index contributed by atoms with van der Waals surface area (Å²) in [4.78, 5) is 0. The molecule has 0 fully saturated rings. The van der Waals surface area contributed by atoms with E-state index in [2.05, 4.69) is 5.32 Å². The first-order chi connectivity index (χ1) is 5.63. The van der Waals surface area contributed by atoms with Crippen LogP contribution in [0, 0.1) is 0 Å². The lowest BCUT2D eigenvalue weighted by atomic mass is 9.90. The summed E-state index contributed by atoms with van der Waals surface area (Å²) in [6.07, 6.45) is 0.615. The molecule has 0 bridgehead atoms. The van der Waals surface area contributed by atoms with Gasteiger partial charge in [-0.1, -0.05) is 26.7 Å². The third-order valence-corrected chi connectivity index (χ3v) is 2.52. The fraction of sp³-hybridized carbons (Fsp3) is 1.00. The van der Waals surface area contributed by atoms with E-state index in [0.717, 1.165) is 12.8 Å². The fourth-order valence-electron chi connectivity index (χ4n) is 1.34. The number of unbranched alkanes of at least 4 members (excludes halogenated alkanes) is 1. The Morgan fingerprint density at radius 3 is 2.17 bits per heavy atom. The molecule has 0 spiro atoms. The third kappa shape index (κ3) is 2.70. The fourth-order valence-corrected chi connectivity index (χ4v) is 1.34. The Bertz CT molecular complexity index is 111. The van der Waals surface area contributed by atoms with Crippen LogP contribution in [-0.4, -0.2) is 19.0 Å². The molecule has 0 aliphatic heterocycles. The number of hydrogen-bond acceptors (Lipinski definition) is 1. The molecule has 0 radical (unpaired) electrons. The SMILES string of the molecule is CCCCC(CC)(NC)C(F)F. The molecule has 1 unspecified atom stereocenters. The second-order valence-electron chi connectivity index (χ2n) is 3.16. The second-order valence-corrected chi connectivity index (χ2v) is 3.16. The van der Waals surface area contributed by atoms with Crippen molar-refractivity contribution in [2.24, 2.45) is 0 Å². The summed E-state index contributed by atoms with van der Waals surface area (Å²) < 4.78 is 25.2. The molecular weight excluding hydrogens is 160 g/mol. The lowest BCUT2D eigenvalue weighted by Gasteiger charge is -2.31. The quantitative estimate of drug-likeness (QED) is 0.661. The predicted octanol–water partition coefficient (Wildman–Crippen LogP) is 2.81. The van der Waals surface area contributed by atoms with Crippen molar-refractivity contribution in [3.05, 3.63) is 0 Å². The molecule has 0 heterocycles. The van der Waals surface area contributed by atoms with Crippen LogP contribution < -0.4 is 5.32 Å². The molecule has 0 aliphatic rings. The van der Waals surface area contributed by atoms with Crippen molar-refractivity contribution < 1.29 is 8.78 Å². The van der Waals surface area contributed by atoms with E-state index in [1.54, 1.807) is 14.0 Å². The van der Waals surface area contributed by atoms with Gasteiger partial charge in [0.15, 0.2) is 0 Å². The molecule has 1 nitrogen and oxygen atoms in total. The molecule has 0 saturated carbocycles. The molecule has 1 atom stereocenters. The Morgan fingerprint density at radius 2 is 1.92 bits per heavy atom. The first-order valence-electron chi connectivity index (χ1n) is 4.60. The van der Waals surface area contributed by atoms with Crippen LogP contribution >= 0.6 is 0 Å². The van der Waals surface area contributed by atoms with E-state index in [1.165, 1.54) is 0 Å². The molecule has 0 aromatic carbocycles. The van der Waals surface area contributed by atoms with Crippen LogP contribution in [0.4, 0.5) is 8.78 Å². The minimum absolute atomic E-state index is 0.487. The highest BCUT2D eigenvalue weighted by molar-refractivity contribution is 4.87. The molecular formula is C9H19F2N. The predicted molar refractivity (Wildman–Crippen MR) is 47.6 cm³/mol. The van der Waals surface area contributed by atoms with Gasteiger partial charge in [0.05, 0.1) is 5.54 Å². The summed E-state index contributed by atoms with van der Waals surface area (Å²) >= 11 is 0. The normalized spacial score (nSPS) is 16.5. The summed E-state index contributed by atoms with van der Waals surface area (Å²) in [6.45, 7) is 3.82. The maximum atomic E-state index is 12.6. The second kappa shape index (κ2) is 5.46. The van der Waals surface area contributed by atoms with Gasteiger partial charge in [0, 0.05) is 0 Å². The molecule has 12 heavy (non-hydrogen) atoms. The average Bonchev–Trinajstić information content (AvgIpc) is 2.07. The van der Waals surface area contributed by atoms with Gasteiger partial charge in [0.25, 0.3) is 6.43 Å². The molecule has 0 aliphatic carbocycles. The molecule has 3 heteroatoms. The molecule has 1 N–H and O–H groups in total. The van der Waals surface area contributed by atoms with E-state index in [9.17, 15) is 8.78 Å². The maximum absolute atomic E-state index is 12.6. The molecule has 74 valence electrons. The third-order valence-electron chi connectivity index (χ3n) is 2.52. The van der Waals surface area contributed by atoms with Gasteiger partial charge in [0.1, 0.15) is 0 Å². The first kappa shape index (κ1) is 11.8. The van der Waals surface area contributed by atoms with E-state index in [1.807, 2.05) is 6.92 Å².